The van der Waals surface area contributed by atoms with Gasteiger partial charge >= 0.3 is 0 Å². The first-order chi connectivity index (χ1) is 15.5. The number of hydrogen-bond acceptors (Lipinski definition) is 4. The summed E-state index contributed by atoms with van der Waals surface area (Å²) in [5.41, 5.74) is 1.67. The molecule has 2 aromatic carbocycles. The van der Waals surface area contributed by atoms with Crippen LogP contribution in [0.2, 0.25) is 0 Å². The summed E-state index contributed by atoms with van der Waals surface area (Å²) in [5.74, 6) is 0.950. The summed E-state index contributed by atoms with van der Waals surface area (Å²) < 4.78 is 23.9. The summed E-state index contributed by atoms with van der Waals surface area (Å²) in [4.78, 5) is 16.6. The van der Waals surface area contributed by atoms with Gasteiger partial charge in [0.1, 0.15) is 17.7 Å². The van der Waals surface area contributed by atoms with Crippen molar-refractivity contribution in [2.24, 2.45) is 4.99 Å². The number of amides is 1. The molecule has 1 unspecified atom stereocenters. The van der Waals surface area contributed by atoms with E-state index in [9.17, 15) is 9.18 Å². The maximum Gasteiger partial charge on any atom is 0.291 e. The number of rotatable bonds is 9. The number of ether oxygens (including phenoxy) is 1. The fraction of sp³-hybridized carbons (Fsp3) is 0.250. The quantitative estimate of drug-likeness (QED) is 0.197. The fourth-order valence-electron chi connectivity index (χ4n) is 2.83. The summed E-state index contributed by atoms with van der Waals surface area (Å²) in [6.45, 7) is 5.63. The third-order valence-corrected chi connectivity index (χ3v) is 4.43. The number of halogens is 2. The largest absolute Gasteiger partial charge is 0.489 e. The molecule has 3 rings (SSSR count). The Labute approximate surface area is 209 Å². The smallest absolute Gasteiger partial charge is 0.291 e. The molecule has 1 aromatic heterocycles. The Kier molecular flexibility index (Phi) is 10.7. The molecular weight excluding hydrogens is 538 g/mol. The Morgan fingerprint density at radius 3 is 2.45 bits per heavy atom. The lowest BCUT2D eigenvalue weighted by molar-refractivity contribution is 0.0996. The van der Waals surface area contributed by atoms with Crippen molar-refractivity contribution >= 4 is 41.5 Å². The van der Waals surface area contributed by atoms with Crippen LogP contribution < -0.4 is 20.7 Å². The van der Waals surface area contributed by atoms with E-state index in [4.69, 9.17) is 9.15 Å². The van der Waals surface area contributed by atoms with Crippen LogP contribution in [0.25, 0.3) is 0 Å². The van der Waals surface area contributed by atoms with Gasteiger partial charge in [-0.1, -0.05) is 12.1 Å². The van der Waals surface area contributed by atoms with Gasteiger partial charge in [-0.15, -0.1) is 24.0 Å². The number of furan rings is 1. The molecule has 0 saturated heterocycles. The molecule has 1 heterocycles. The molecule has 1 atom stereocenters. The van der Waals surface area contributed by atoms with Gasteiger partial charge in [0.15, 0.2) is 11.7 Å². The molecule has 9 heteroatoms. The Morgan fingerprint density at radius 2 is 1.82 bits per heavy atom. The second kappa shape index (κ2) is 13.5. The minimum absolute atomic E-state index is 0. The predicted molar refractivity (Wildman–Crippen MR) is 138 cm³/mol. The number of anilines is 1. The molecular formula is C24H28FIN4O3. The first kappa shape index (κ1) is 26.2. The van der Waals surface area contributed by atoms with Crippen LogP contribution in [0.5, 0.6) is 5.75 Å². The van der Waals surface area contributed by atoms with Crippen LogP contribution in [0.15, 0.2) is 76.3 Å². The van der Waals surface area contributed by atoms with E-state index >= 15 is 0 Å². The Bertz CT molecular complexity index is 1010. The highest BCUT2D eigenvalue weighted by molar-refractivity contribution is 14.0. The summed E-state index contributed by atoms with van der Waals surface area (Å²) in [7, 11) is 0. The van der Waals surface area contributed by atoms with E-state index in [1.165, 1.54) is 18.4 Å². The first-order valence-electron chi connectivity index (χ1n) is 10.4. The Morgan fingerprint density at radius 1 is 1.09 bits per heavy atom. The molecule has 0 saturated carbocycles. The van der Waals surface area contributed by atoms with Gasteiger partial charge in [-0.25, -0.2) is 9.38 Å². The normalized spacial score (nSPS) is 11.8. The number of nitrogens with zero attached hydrogens (tertiary/aromatic N) is 1. The van der Waals surface area contributed by atoms with Gasteiger partial charge in [-0.3, -0.25) is 4.79 Å². The van der Waals surface area contributed by atoms with Gasteiger partial charge in [0.05, 0.1) is 19.4 Å². The third kappa shape index (κ3) is 8.76. The van der Waals surface area contributed by atoms with Crippen LogP contribution in [-0.4, -0.2) is 31.1 Å². The van der Waals surface area contributed by atoms with Crippen molar-refractivity contribution in [2.45, 2.75) is 26.5 Å². The summed E-state index contributed by atoms with van der Waals surface area (Å²) in [6.07, 6.45) is 1.32. The number of hydrogen-bond donors (Lipinski definition) is 3. The van der Waals surface area contributed by atoms with Crippen molar-refractivity contribution in [2.75, 3.05) is 18.4 Å². The molecule has 0 aliphatic rings. The molecule has 176 valence electrons. The number of aliphatic imine (C=N–C) groups is 1. The highest BCUT2D eigenvalue weighted by Crippen LogP contribution is 2.14. The van der Waals surface area contributed by atoms with Crippen LogP contribution in [-0.2, 0) is 6.54 Å². The molecule has 0 spiro atoms. The molecule has 7 nitrogen and oxygen atoms in total. The second-order valence-corrected chi connectivity index (χ2v) is 7.09. The van der Waals surface area contributed by atoms with Crippen molar-refractivity contribution in [1.82, 2.24) is 10.6 Å². The van der Waals surface area contributed by atoms with Crippen LogP contribution in [0, 0.1) is 5.82 Å². The van der Waals surface area contributed by atoms with E-state index in [0.29, 0.717) is 30.5 Å². The zero-order valence-electron chi connectivity index (χ0n) is 18.5. The Balaban J connectivity index is 0.00000385. The van der Waals surface area contributed by atoms with Crippen LogP contribution in [0.4, 0.5) is 10.1 Å². The predicted octanol–water partition coefficient (Wildman–Crippen LogP) is 4.81. The second-order valence-electron chi connectivity index (χ2n) is 7.09. The SMILES string of the molecule is CCNC(=NCc1ccc(NC(=O)c2ccco2)cc1)NCC(C)Oc1ccc(F)cc1.I. The van der Waals surface area contributed by atoms with Crippen LogP contribution >= 0.6 is 24.0 Å². The van der Waals surface area contributed by atoms with Crippen LogP contribution in [0.1, 0.15) is 30.0 Å². The lowest BCUT2D eigenvalue weighted by Crippen LogP contribution is -2.41. The summed E-state index contributed by atoms with van der Waals surface area (Å²) >= 11 is 0. The first-order valence-corrected chi connectivity index (χ1v) is 10.4. The van der Waals surface area contributed by atoms with E-state index in [2.05, 4.69) is 20.9 Å². The minimum atomic E-state index is -0.295. The van der Waals surface area contributed by atoms with E-state index in [-0.39, 0.29) is 47.6 Å². The molecule has 33 heavy (non-hydrogen) atoms. The van der Waals surface area contributed by atoms with Crippen LogP contribution in [0.3, 0.4) is 0 Å². The number of benzene rings is 2. The van der Waals surface area contributed by atoms with Gasteiger partial charge in [-0.2, -0.15) is 0 Å². The lowest BCUT2D eigenvalue weighted by atomic mass is 10.2. The third-order valence-electron chi connectivity index (χ3n) is 4.43. The summed E-state index contributed by atoms with van der Waals surface area (Å²) in [6, 6.07) is 16.7. The molecule has 3 aromatic rings. The molecule has 0 radical (unpaired) electrons. The minimum Gasteiger partial charge on any atom is -0.489 e. The molecule has 0 fully saturated rings. The Hall–Kier alpha value is -3.08. The van der Waals surface area contributed by atoms with Gasteiger partial charge < -0.3 is 25.1 Å². The van der Waals surface area contributed by atoms with E-state index < -0.39 is 0 Å². The zero-order chi connectivity index (χ0) is 22.8. The molecule has 1 amide bonds. The lowest BCUT2D eigenvalue weighted by Gasteiger charge is -2.17. The zero-order valence-corrected chi connectivity index (χ0v) is 20.8. The monoisotopic (exact) mass is 566 g/mol. The summed E-state index contributed by atoms with van der Waals surface area (Å²) in [5, 5.41) is 9.23. The van der Waals surface area contributed by atoms with Crippen molar-refractivity contribution in [3.8, 4) is 5.75 Å². The highest BCUT2D eigenvalue weighted by Gasteiger charge is 2.09. The molecule has 3 N–H and O–H groups in total. The number of nitrogens with one attached hydrogen (secondary N) is 3. The molecule has 0 aliphatic carbocycles. The maximum absolute atomic E-state index is 13.0. The van der Waals surface area contributed by atoms with Gasteiger partial charge in [0.25, 0.3) is 5.91 Å². The number of carbonyl (C=O) groups excluding carboxylic acids is 1. The van der Waals surface area contributed by atoms with Crippen molar-refractivity contribution < 1.29 is 18.3 Å². The van der Waals surface area contributed by atoms with Crippen molar-refractivity contribution in [1.29, 1.82) is 0 Å². The number of carbonyl (C=O) groups is 1. The van der Waals surface area contributed by atoms with Gasteiger partial charge in [0.2, 0.25) is 0 Å². The average Bonchev–Trinajstić information content (AvgIpc) is 3.33. The maximum atomic E-state index is 13.0. The van der Waals surface area contributed by atoms with E-state index in [0.717, 1.165) is 12.1 Å². The highest BCUT2D eigenvalue weighted by atomic mass is 127. The standard InChI is InChI=1S/C24H27FN4O3.HI/c1-3-26-24(27-15-17(2)32-21-12-8-19(25)9-13-21)28-16-18-6-10-20(11-7-18)29-23(30)22-5-4-14-31-22;/h4-14,17H,3,15-16H2,1-2H3,(H,29,30)(H2,26,27,28);1H. The van der Waals surface area contributed by atoms with Gasteiger partial charge in [-0.05, 0) is 67.9 Å². The topological polar surface area (TPSA) is 87.9 Å². The van der Waals surface area contributed by atoms with E-state index in [1.54, 1.807) is 24.3 Å². The van der Waals surface area contributed by atoms with Crippen molar-refractivity contribution in [3.63, 3.8) is 0 Å². The number of guanidine groups is 1. The average molecular weight is 566 g/mol. The fourth-order valence-corrected chi connectivity index (χ4v) is 2.83. The van der Waals surface area contributed by atoms with Gasteiger partial charge in [0, 0.05) is 12.2 Å². The molecule has 0 aliphatic heterocycles. The molecule has 0 bridgehead atoms. The van der Waals surface area contributed by atoms with E-state index in [1.807, 2.05) is 38.1 Å². The van der Waals surface area contributed by atoms with Crippen molar-refractivity contribution in [3.05, 3.63) is 84.1 Å².